The Morgan fingerprint density at radius 2 is 2.00 bits per heavy atom. The molecule has 0 aliphatic carbocycles. The van der Waals surface area contributed by atoms with Gasteiger partial charge in [-0.15, -0.1) is 0 Å². The van der Waals surface area contributed by atoms with Crippen LogP contribution in [0.25, 0.3) is 10.9 Å². The van der Waals surface area contributed by atoms with Gasteiger partial charge < -0.3 is 25.3 Å². The average molecular weight is 505 g/mol. The van der Waals surface area contributed by atoms with Gasteiger partial charge in [-0.25, -0.2) is 4.39 Å². The Morgan fingerprint density at radius 1 is 1.17 bits per heavy atom. The molecule has 3 N–H and O–H groups in total. The van der Waals surface area contributed by atoms with E-state index in [0.717, 1.165) is 12.0 Å². The van der Waals surface area contributed by atoms with Crippen molar-refractivity contribution in [3.05, 3.63) is 82.8 Å². The number of hydrogen-bond acceptors (Lipinski definition) is 7. The van der Waals surface area contributed by atoms with Crippen molar-refractivity contribution in [2.24, 2.45) is 0 Å². The number of nitriles is 1. The summed E-state index contributed by atoms with van der Waals surface area (Å²) in [6, 6.07) is 17.2. The minimum atomic E-state index is -0.542. The van der Waals surface area contributed by atoms with Crippen molar-refractivity contribution in [3.63, 3.8) is 0 Å². The number of halogens is 2. The lowest BCUT2D eigenvalue weighted by molar-refractivity contribution is 0.142. The standard InChI is InChI=1S/C27H22ClFN4O3/c28-18-3-1-16(2-4-18)14-35-25-6-5-19(9-22(25)29)33-27-17(12-30)13-32-24-11-26(23(31)10-21(24)27)36-20-7-8-34-15-20/h1-6,9-11,13,20H,7-8,14-15,31H2,(H,32,33). The lowest BCUT2D eigenvalue weighted by Gasteiger charge is -2.17. The second-order valence-corrected chi connectivity index (χ2v) is 8.79. The smallest absolute Gasteiger partial charge is 0.167 e. The molecule has 36 heavy (non-hydrogen) atoms. The Balaban J connectivity index is 1.39. The number of pyridine rings is 1. The summed E-state index contributed by atoms with van der Waals surface area (Å²) in [5, 5.41) is 14.0. The first kappa shape index (κ1) is 23.7. The molecule has 0 saturated carbocycles. The second-order valence-electron chi connectivity index (χ2n) is 8.35. The molecule has 9 heteroatoms. The molecule has 7 nitrogen and oxygen atoms in total. The molecule has 1 atom stereocenters. The van der Waals surface area contributed by atoms with Gasteiger partial charge in [0, 0.05) is 40.8 Å². The Hall–Kier alpha value is -4.06. The highest BCUT2D eigenvalue weighted by Crippen LogP contribution is 2.36. The summed E-state index contributed by atoms with van der Waals surface area (Å²) in [6.45, 7) is 1.36. The molecule has 0 amide bonds. The van der Waals surface area contributed by atoms with E-state index in [9.17, 15) is 9.65 Å². The van der Waals surface area contributed by atoms with Crippen LogP contribution in [0.4, 0.5) is 21.5 Å². The largest absolute Gasteiger partial charge is 0.486 e. The van der Waals surface area contributed by atoms with Crippen molar-refractivity contribution in [2.45, 2.75) is 19.1 Å². The Kier molecular flexibility index (Phi) is 6.76. The zero-order valence-electron chi connectivity index (χ0n) is 19.1. The van der Waals surface area contributed by atoms with Crippen LogP contribution in [0.1, 0.15) is 17.5 Å². The van der Waals surface area contributed by atoms with Gasteiger partial charge in [-0.05, 0) is 35.9 Å². The number of ether oxygens (including phenoxy) is 3. The minimum absolute atomic E-state index is 0.0656. The number of rotatable bonds is 7. The molecule has 0 radical (unpaired) electrons. The first-order chi connectivity index (χ1) is 17.5. The van der Waals surface area contributed by atoms with E-state index in [0.29, 0.717) is 57.5 Å². The first-order valence-corrected chi connectivity index (χ1v) is 11.7. The van der Waals surface area contributed by atoms with Crippen LogP contribution in [-0.2, 0) is 11.3 Å². The maximum atomic E-state index is 14.8. The number of nitrogens with zero attached hydrogens (tertiary/aromatic N) is 2. The van der Waals surface area contributed by atoms with Gasteiger partial charge >= 0.3 is 0 Å². The second kappa shape index (κ2) is 10.3. The summed E-state index contributed by atoms with van der Waals surface area (Å²) in [5.74, 6) is 0.0757. The number of benzene rings is 3. The molecule has 1 aliphatic heterocycles. The van der Waals surface area contributed by atoms with Crippen LogP contribution in [0.15, 0.2) is 60.8 Å². The fourth-order valence-corrected chi connectivity index (χ4v) is 4.05. The van der Waals surface area contributed by atoms with Crippen molar-refractivity contribution in [1.82, 2.24) is 4.98 Å². The topological polar surface area (TPSA) is 102 Å². The summed E-state index contributed by atoms with van der Waals surface area (Å²) < 4.78 is 31.8. The molecule has 1 saturated heterocycles. The van der Waals surface area contributed by atoms with Crippen LogP contribution in [0.2, 0.25) is 5.02 Å². The molecule has 0 bridgehead atoms. The van der Waals surface area contributed by atoms with Crippen molar-refractivity contribution in [3.8, 4) is 17.6 Å². The molecule has 1 fully saturated rings. The molecule has 1 aliphatic rings. The third-order valence-electron chi connectivity index (χ3n) is 5.81. The van der Waals surface area contributed by atoms with E-state index in [1.165, 1.54) is 18.3 Å². The van der Waals surface area contributed by atoms with Gasteiger partial charge in [-0.3, -0.25) is 4.98 Å². The van der Waals surface area contributed by atoms with E-state index in [4.69, 9.17) is 31.5 Å². The number of nitrogens with two attached hydrogens (primary N) is 1. The summed E-state index contributed by atoms with van der Waals surface area (Å²) in [5.41, 5.74) is 9.33. The molecule has 0 spiro atoms. The first-order valence-electron chi connectivity index (χ1n) is 11.3. The summed E-state index contributed by atoms with van der Waals surface area (Å²) in [7, 11) is 0. The molecule has 2 heterocycles. The van der Waals surface area contributed by atoms with Crippen LogP contribution in [0, 0.1) is 17.1 Å². The molecule has 5 rings (SSSR count). The number of aromatic nitrogens is 1. The molecule has 182 valence electrons. The van der Waals surface area contributed by atoms with Gasteiger partial charge in [0.15, 0.2) is 11.6 Å². The predicted molar refractivity (Wildman–Crippen MR) is 136 cm³/mol. The normalized spacial score (nSPS) is 15.0. The number of nitrogen functional groups attached to an aromatic ring is 1. The van der Waals surface area contributed by atoms with E-state index < -0.39 is 5.82 Å². The van der Waals surface area contributed by atoms with E-state index in [-0.39, 0.29) is 18.5 Å². The molecule has 1 unspecified atom stereocenters. The average Bonchev–Trinajstić information content (AvgIpc) is 3.39. The molecule has 1 aromatic heterocycles. The maximum absolute atomic E-state index is 14.8. The van der Waals surface area contributed by atoms with Crippen LogP contribution in [0.3, 0.4) is 0 Å². The molecular formula is C27H22ClFN4O3. The third-order valence-corrected chi connectivity index (χ3v) is 6.06. The number of anilines is 3. The van der Waals surface area contributed by atoms with Crippen LogP contribution >= 0.6 is 11.6 Å². The quantitative estimate of drug-likeness (QED) is 0.299. The number of hydrogen-bond donors (Lipinski definition) is 2. The summed E-state index contributed by atoms with van der Waals surface area (Å²) in [4.78, 5) is 4.39. The van der Waals surface area contributed by atoms with E-state index in [1.54, 1.807) is 30.3 Å². The van der Waals surface area contributed by atoms with Crippen molar-refractivity contribution < 1.29 is 18.6 Å². The maximum Gasteiger partial charge on any atom is 0.167 e. The zero-order chi connectivity index (χ0) is 25.1. The van der Waals surface area contributed by atoms with Gasteiger partial charge in [0.05, 0.1) is 35.7 Å². The predicted octanol–water partition coefficient (Wildman–Crippen LogP) is 5.97. The van der Waals surface area contributed by atoms with Crippen LogP contribution < -0.4 is 20.5 Å². The number of nitrogens with one attached hydrogen (secondary N) is 1. The number of fused-ring (bicyclic) bond motifs is 1. The molecule has 3 aromatic carbocycles. The Labute approximate surface area is 212 Å². The highest BCUT2D eigenvalue weighted by atomic mass is 35.5. The van der Waals surface area contributed by atoms with Gasteiger partial charge in [0.1, 0.15) is 24.5 Å². The summed E-state index contributed by atoms with van der Waals surface area (Å²) >= 11 is 5.90. The van der Waals surface area contributed by atoms with Crippen molar-refractivity contribution in [1.29, 1.82) is 5.26 Å². The van der Waals surface area contributed by atoms with E-state index in [2.05, 4.69) is 16.4 Å². The molecular weight excluding hydrogens is 483 g/mol. The third kappa shape index (κ3) is 5.13. The molecule has 4 aromatic rings. The lowest BCUT2D eigenvalue weighted by atomic mass is 10.1. The highest BCUT2D eigenvalue weighted by Gasteiger charge is 2.20. The van der Waals surface area contributed by atoms with Gasteiger partial charge in [-0.2, -0.15) is 5.26 Å². The Morgan fingerprint density at radius 3 is 2.72 bits per heavy atom. The van der Waals surface area contributed by atoms with E-state index in [1.807, 2.05) is 12.1 Å². The SMILES string of the molecule is N#Cc1cnc2cc(OC3CCOC3)c(N)cc2c1Nc1ccc(OCc2ccc(Cl)cc2)c(F)c1. The lowest BCUT2D eigenvalue weighted by Crippen LogP contribution is -2.16. The van der Waals surface area contributed by atoms with Gasteiger partial charge in [0.25, 0.3) is 0 Å². The van der Waals surface area contributed by atoms with Crippen molar-refractivity contribution >= 4 is 39.6 Å². The zero-order valence-corrected chi connectivity index (χ0v) is 19.9. The van der Waals surface area contributed by atoms with Crippen LogP contribution in [-0.4, -0.2) is 24.3 Å². The Bertz CT molecular complexity index is 1450. The fraction of sp³-hybridized carbons (Fsp3) is 0.185. The van der Waals surface area contributed by atoms with E-state index >= 15 is 0 Å². The van der Waals surface area contributed by atoms with Gasteiger partial charge in [0.2, 0.25) is 0 Å². The minimum Gasteiger partial charge on any atom is -0.486 e. The van der Waals surface area contributed by atoms with Crippen molar-refractivity contribution in [2.75, 3.05) is 24.3 Å². The highest BCUT2D eigenvalue weighted by molar-refractivity contribution is 6.30. The summed E-state index contributed by atoms with van der Waals surface area (Å²) in [6.07, 6.45) is 2.18. The van der Waals surface area contributed by atoms with Gasteiger partial charge in [-0.1, -0.05) is 23.7 Å². The van der Waals surface area contributed by atoms with Crippen LogP contribution in [0.5, 0.6) is 11.5 Å². The fourth-order valence-electron chi connectivity index (χ4n) is 3.93. The monoisotopic (exact) mass is 504 g/mol.